The van der Waals surface area contributed by atoms with Crippen LogP contribution in [0.3, 0.4) is 0 Å². The van der Waals surface area contributed by atoms with Gasteiger partial charge in [-0.3, -0.25) is 35.9 Å². The Morgan fingerprint density at radius 3 is 2.07 bits per heavy atom. The summed E-state index contributed by atoms with van der Waals surface area (Å²) in [5, 5.41) is 22.1. The number of benzene rings is 3. The minimum absolute atomic E-state index is 0.0777. The molecule has 3 aromatic carbocycles. The van der Waals surface area contributed by atoms with Gasteiger partial charge in [0, 0.05) is 11.6 Å². The van der Waals surface area contributed by atoms with Crippen LogP contribution >= 0.6 is 0 Å². The van der Waals surface area contributed by atoms with Crippen molar-refractivity contribution < 1.29 is 14.6 Å². The monoisotopic (exact) mass is 404 g/mol. The molecule has 0 aliphatic carbocycles. The van der Waals surface area contributed by atoms with Crippen LogP contribution in [0.5, 0.6) is 0 Å². The molecule has 0 radical (unpaired) electrons. The maximum atomic E-state index is 12.9. The Labute approximate surface area is 170 Å². The van der Waals surface area contributed by atoms with Crippen LogP contribution in [0.1, 0.15) is 11.1 Å². The second-order valence-electron chi connectivity index (χ2n) is 6.13. The fourth-order valence-electron chi connectivity index (χ4n) is 2.70. The van der Waals surface area contributed by atoms with Crippen LogP contribution in [-0.4, -0.2) is 15.8 Å². The number of hydrazine groups is 1. The average molecular weight is 404 g/mol. The Bertz CT molecular complexity index is 1110. The van der Waals surface area contributed by atoms with Crippen LogP contribution in [0.25, 0.3) is 11.6 Å². The molecule has 0 aromatic heterocycles. The number of non-ortho nitro benzene ring substituents is 1. The van der Waals surface area contributed by atoms with Gasteiger partial charge in [-0.15, -0.1) is 0 Å². The lowest BCUT2D eigenvalue weighted by Gasteiger charge is -2.12. The number of amides is 1. The first-order valence-corrected chi connectivity index (χ1v) is 8.77. The van der Waals surface area contributed by atoms with Crippen molar-refractivity contribution in [2.45, 2.75) is 0 Å². The number of carbonyl (C=O) groups is 1. The molecule has 2 N–H and O–H groups in total. The molecule has 9 nitrogen and oxygen atoms in total. The second-order valence-corrected chi connectivity index (χ2v) is 6.13. The van der Waals surface area contributed by atoms with E-state index >= 15 is 0 Å². The molecular formula is C21H16N4O5. The lowest BCUT2D eigenvalue weighted by atomic mass is 10.0. The van der Waals surface area contributed by atoms with Crippen LogP contribution in [0.4, 0.5) is 17.1 Å². The largest absolute Gasteiger partial charge is 0.300 e. The van der Waals surface area contributed by atoms with Crippen LogP contribution in [0.15, 0.2) is 78.9 Å². The summed E-state index contributed by atoms with van der Waals surface area (Å²) in [5.74, 6) is -0.530. The van der Waals surface area contributed by atoms with Crippen molar-refractivity contribution in [3.63, 3.8) is 0 Å². The number of hydrogen-bond acceptors (Lipinski definition) is 6. The molecule has 0 bridgehead atoms. The van der Waals surface area contributed by atoms with Crippen molar-refractivity contribution in [2.24, 2.45) is 0 Å². The van der Waals surface area contributed by atoms with Gasteiger partial charge in [-0.05, 0) is 23.3 Å². The highest BCUT2D eigenvalue weighted by Crippen LogP contribution is 2.28. The van der Waals surface area contributed by atoms with E-state index in [0.29, 0.717) is 11.1 Å². The molecule has 0 heterocycles. The van der Waals surface area contributed by atoms with Gasteiger partial charge in [0.2, 0.25) is 0 Å². The van der Waals surface area contributed by atoms with Crippen molar-refractivity contribution in [3.8, 4) is 0 Å². The average Bonchev–Trinajstić information content (AvgIpc) is 2.76. The van der Waals surface area contributed by atoms with Gasteiger partial charge >= 0.3 is 5.69 Å². The predicted octanol–water partition coefficient (Wildman–Crippen LogP) is 4.19. The Morgan fingerprint density at radius 1 is 0.833 bits per heavy atom. The third-order valence-electron chi connectivity index (χ3n) is 4.14. The van der Waals surface area contributed by atoms with Gasteiger partial charge in [0.25, 0.3) is 11.6 Å². The highest BCUT2D eigenvalue weighted by atomic mass is 16.6. The van der Waals surface area contributed by atoms with Crippen molar-refractivity contribution in [2.75, 3.05) is 5.43 Å². The van der Waals surface area contributed by atoms with Crippen LogP contribution in [0, 0.1) is 20.2 Å². The highest BCUT2D eigenvalue weighted by Gasteiger charge is 2.20. The molecule has 3 rings (SSSR count). The molecule has 1 amide bonds. The molecule has 0 unspecified atom stereocenters. The number of nitro benzene ring substituents is 2. The zero-order chi connectivity index (χ0) is 21.5. The number of nitrogens with one attached hydrogen (secondary N) is 2. The second kappa shape index (κ2) is 9.11. The van der Waals surface area contributed by atoms with Gasteiger partial charge < -0.3 is 0 Å². The lowest BCUT2D eigenvalue weighted by molar-refractivity contribution is -0.393. The summed E-state index contributed by atoms with van der Waals surface area (Å²) in [6, 6.07) is 21.2. The molecule has 0 aliphatic rings. The first-order chi connectivity index (χ1) is 14.5. The number of nitro groups is 2. The minimum Gasteiger partial charge on any atom is -0.292 e. The van der Waals surface area contributed by atoms with Gasteiger partial charge in [0.15, 0.2) is 0 Å². The summed E-state index contributed by atoms with van der Waals surface area (Å²) in [6.45, 7) is 0. The Hall–Kier alpha value is -4.53. The van der Waals surface area contributed by atoms with Crippen LogP contribution < -0.4 is 10.9 Å². The predicted molar refractivity (Wildman–Crippen MR) is 112 cm³/mol. The Morgan fingerprint density at radius 2 is 1.47 bits per heavy atom. The topological polar surface area (TPSA) is 127 Å². The zero-order valence-corrected chi connectivity index (χ0v) is 15.5. The highest BCUT2D eigenvalue weighted by molar-refractivity contribution is 6.24. The van der Waals surface area contributed by atoms with Gasteiger partial charge in [-0.1, -0.05) is 60.7 Å². The third kappa shape index (κ3) is 4.84. The smallest absolute Gasteiger partial charge is 0.292 e. The molecule has 0 saturated heterocycles. The van der Waals surface area contributed by atoms with Crippen molar-refractivity contribution in [1.29, 1.82) is 0 Å². The number of carbonyl (C=O) groups excluding carboxylic acids is 1. The first kappa shape index (κ1) is 20.2. The summed E-state index contributed by atoms with van der Waals surface area (Å²) in [7, 11) is 0. The summed E-state index contributed by atoms with van der Waals surface area (Å²) >= 11 is 0. The maximum absolute atomic E-state index is 12.9. The van der Waals surface area contributed by atoms with E-state index in [-0.39, 0.29) is 5.69 Å². The molecule has 150 valence electrons. The first-order valence-electron chi connectivity index (χ1n) is 8.77. The Balaban J connectivity index is 1.88. The summed E-state index contributed by atoms with van der Waals surface area (Å²) in [4.78, 5) is 33.5. The van der Waals surface area contributed by atoms with Crippen molar-refractivity contribution in [3.05, 3.63) is 110 Å². The van der Waals surface area contributed by atoms with E-state index in [2.05, 4.69) is 10.9 Å². The quantitative estimate of drug-likeness (QED) is 0.263. The molecular weight excluding hydrogens is 388 g/mol. The number of rotatable bonds is 7. The molecule has 30 heavy (non-hydrogen) atoms. The van der Waals surface area contributed by atoms with Gasteiger partial charge in [-0.2, -0.15) is 0 Å². The van der Waals surface area contributed by atoms with Crippen molar-refractivity contribution in [1.82, 2.24) is 5.43 Å². The van der Waals surface area contributed by atoms with E-state index in [4.69, 9.17) is 0 Å². The minimum atomic E-state index is -0.764. The molecule has 0 atom stereocenters. The summed E-state index contributed by atoms with van der Waals surface area (Å²) in [5.41, 5.74) is 5.67. The van der Waals surface area contributed by atoms with Gasteiger partial charge in [-0.25, -0.2) is 0 Å². The summed E-state index contributed by atoms with van der Waals surface area (Å²) < 4.78 is 0. The number of hydrogen-bond donors (Lipinski definition) is 2. The lowest BCUT2D eigenvalue weighted by Crippen LogP contribution is -2.30. The summed E-state index contributed by atoms with van der Waals surface area (Å²) in [6.07, 6.45) is 1.69. The van der Waals surface area contributed by atoms with Crippen molar-refractivity contribution >= 4 is 34.6 Å². The maximum Gasteiger partial charge on any atom is 0.300 e. The molecule has 9 heteroatoms. The Kier molecular flexibility index (Phi) is 6.14. The standard InChI is InChI=1S/C21H16N4O5/c26-21(23-22-19-12-11-17(24(27)28)14-20(19)25(29)30)18(16-9-5-2-6-10-16)13-15-7-3-1-4-8-15/h1-14,22H,(H,23,26)/b18-13-. The van der Waals surface area contributed by atoms with Gasteiger partial charge in [0.05, 0.1) is 15.9 Å². The van der Waals surface area contributed by atoms with E-state index in [9.17, 15) is 25.0 Å². The van der Waals surface area contributed by atoms with Crippen LogP contribution in [0.2, 0.25) is 0 Å². The molecule has 0 spiro atoms. The van der Waals surface area contributed by atoms with Gasteiger partial charge in [0.1, 0.15) is 5.69 Å². The van der Waals surface area contributed by atoms with E-state index < -0.39 is 27.1 Å². The van der Waals surface area contributed by atoms with Crippen LogP contribution in [-0.2, 0) is 4.79 Å². The molecule has 0 saturated carbocycles. The number of anilines is 1. The van der Waals surface area contributed by atoms with E-state index in [1.54, 1.807) is 30.3 Å². The fraction of sp³-hybridized carbons (Fsp3) is 0. The van der Waals surface area contributed by atoms with E-state index in [1.165, 1.54) is 6.07 Å². The molecule has 0 fully saturated rings. The van der Waals surface area contributed by atoms with E-state index in [1.807, 2.05) is 36.4 Å². The number of nitrogens with zero attached hydrogens (tertiary/aromatic N) is 2. The van der Waals surface area contributed by atoms with E-state index in [0.717, 1.165) is 17.7 Å². The fourth-order valence-corrected chi connectivity index (χ4v) is 2.70. The zero-order valence-electron chi connectivity index (χ0n) is 15.5. The molecule has 3 aromatic rings. The SMILES string of the molecule is O=C(NNc1ccc([N+](=O)[O-])cc1[N+](=O)[O-])/C(=C\c1ccccc1)c1ccccc1. The normalized spacial score (nSPS) is 10.9. The molecule has 0 aliphatic heterocycles. The third-order valence-corrected chi connectivity index (χ3v) is 4.14.